The molecule has 0 atom stereocenters. The smallest absolute Gasteiger partial charge is 0.349 e. The normalized spacial score (nSPS) is 14.8. The van der Waals surface area contributed by atoms with Crippen molar-refractivity contribution in [3.05, 3.63) is 57.4 Å². The van der Waals surface area contributed by atoms with E-state index < -0.39 is 11.5 Å². The Hall–Kier alpha value is -3.13. The van der Waals surface area contributed by atoms with Gasteiger partial charge in [0.15, 0.2) is 0 Å². The molecule has 2 aromatic heterocycles. The summed E-state index contributed by atoms with van der Waals surface area (Å²) in [6, 6.07) is 7.32. The van der Waals surface area contributed by atoms with Crippen molar-refractivity contribution >= 4 is 16.9 Å². The Balaban J connectivity index is 1.49. The zero-order chi connectivity index (χ0) is 20.4. The second kappa shape index (κ2) is 8.08. The van der Waals surface area contributed by atoms with Gasteiger partial charge < -0.3 is 24.8 Å². The minimum Gasteiger partial charge on any atom is -0.497 e. The lowest BCUT2D eigenvalue weighted by Gasteiger charge is -2.21. The van der Waals surface area contributed by atoms with Crippen LogP contribution < -0.4 is 21.0 Å². The van der Waals surface area contributed by atoms with Crippen molar-refractivity contribution in [3.8, 4) is 5.75 Å². The van der Waals surface area contributed by atoms with E-state index in [9.17, 15) is 9.59 Å². The molecule has 0 aliphatic carbocycles. The van der Waals surface area contributed by atoms with Crippen LogP contribution in [0.3, 0.4) is 0 Å². The molecule has 0 bridgehead atoms. The third-order valence-electron chi connectivity index (χ3n) is 5.29. The van der Waals surface area contributed by atoms with Crippen LogP contribution in [0.4, 0.5) is 0 Å². The van der Waals surface area contributed by atoms with Crippen LogP contribution in [0.15, 0.2) is 33.5 Å². The van der Waals surface area contributed by atoms with Crippen LogP contribution in [0.25, 0.3) is 11.0 Å². The quantitative estimate of drug-likeness (QED) is 0.610. The number of methoxy groups -OCH3 is 1. The fourth-order valence-corrected chi connectivity index (χ4v) is 3.72. The van der Waals surface area contributed by atoms with E-state index in [2.05, 4.69) is 20.6 Å². The molecule has 152 valence electrons. The van der Waals surface area contributed by atoms with E-state index in [0.717, 1.165) is 42.7 Å². The van der Waals surface area contributed by atoms with Crippen molar-refractivity contribution in [2.75, 3.05) is 20.2 Å². The summed E-state index contributed by atoms with van der Waals surface area (Å²) >= 11 is 0. The van der Waals surface area contributed by atoms with Crippen LogP contribution in [0.1, 0.15) is 46.3 Å². The summed E-state index contributed by atoms with van der Waals surface area (Å²) in [7, 11) is 1.60. The van der Waals surface area contributed by atoms with Gasteiger partial charge in [-0.15, -0.1) is 0 Å². The average Bonchev–Trinajstić information content (AvgIpc) is 3.14. The predicted molar refractivity (Wildman–Crippen MR) is 108 cm³/mol. The largest absolute Gasteiger partial charge is 0.497 e. The highest BCUT2D eigenvalue weighted by Crippen LogP contribution is 2.25. The zero-order valence-electron chi connectivity index (χ0n) is 16.5. The summed E-state index contributed by atoms with van der Waals surface area (Å²) < 4.78 is 10.7. The van der Waals surface area contributed by atoms with Crippen molar-refractivity contribution in [1.29, 1.82) is 0 Å². The number of aromatic nitrogens is 2. The van der Waals surface area contributed by atoms with E-state index in [1.54, 1.807) is 14.0 Å². The second-order valence-corrected chi connectivity index (χ2v) is 7.27. The van der Waals surface area contributed by atoms with Crippen LogP contribution in [-0.2, 0) is 6.54 Å². The topological polar surface area (TPSA) is 109 Å². The number of piperidine rings is 1. The molecule has 8 nitrogen and oxygen atoms in total. The van der Waals surface area contributed by atoms with Gasteiger partial charge in [-0.2, -0.15) is 0 Å². The Labute approximate surface area is 167 Å². The van der Waals surface area contributed by atoms with Crippen molar-refractivity contribution in [3.63, 3.8) is 0 Å². The molecule has 1 aliphatic heterocycles. The lowest BCUT2D eigenvalue weighted by Crippen LogP contribution is -2.31. The molecular weight excluding hydrogens is 372 g/mol. The molecule has 8 heteroatoms. The van der Waals surface area contributed by atoms with E-state index in [4.69, 9.17) is 9.15 Å². The van der Waals surface area contributed by atoms with Gasteiger partial charge in [0.05, 0.1) is 24.7 Å². The monoisotopic (exact) mass is 396 g/mol. The highest BCUT2D eigenvalue weighted by atomic mass is 16.5. The fraction of sp³-hybridized carbons (Fsp3) is 0.381. The highest BCUT2D eigenvalue weighted by Gasteiger charge is 2.22. The molecule has 3 aromatic rings. The number of carbonyl (C=O) groups excluding carboxylic acids is 1. The molecule has 29 heavy (non-hydrogen) atoms. The minimum absolute atomic E-state index is 0.0421. The zero-order valence-corrected chi connectivity index (χ0v) is 16.5. The van der Waals surface area contributed by atoms with Crippen LogP contribution >= 0.6 is 0 Å². The number of fused-ring (bicyclic) bond motifs is 1. The first-order chi connectivity index (χ1) is 14.0. The second-order valence-electron chi connectivity index (χ2n) is 7.27. The number of hydrogen-bond donors (Lipinski definition) is 3. The third-order valence-corrected chi connectivity index (χ3v) is 5.29. The van der Waals surface area contributed by atoms with Crippen LogP contribution in [0, 0.1) is 6.92 Å². The number of aromatic amines is 1. The number of amides is 1. The molecule has 1 aromatic carbocycles. The number of hydrogen-bond acceptors (Lipinski definition) is 6. The van der Waals surface area contributed by atoms with Crippen molar-refractivity contribution < 1.29 is 13.9 Å². The minimum atomic E-state index is -0.592. The van der Waals surface area contributed by atoms with Crippen molar-refractivity contribution in [2.24, 2.45) is 0 Å². The van der Waals surface area contributed by atoms with Gasteiger partial charge in [0, 0.05) is 12.0 Å². The molecule has 1 saturated heterocycles. The van der Waals surface area contributed by atoms with Gasteiger partial charge in [-0.3, -0.25) is 4.79 Å². The first-order valence-electron chi connectivity index (χ1n) is 9.71. The van der Waals surface area contributed by atoms with Gasteiger partial charge in [-0.05, 0) is 56.6 Å². The predicted octanol–water partition coefficient (Wildman–Crippen LogP) is 2.23. The lowest BCUT2D eigenvalue weighted by atomic mass is 9.94. The molecule has 3 N–H and O–H groups in total. The standard InChI is InChI=1S/C21H24N4O4/c1-12-9-17(13-5-7-22-8-6-13)29-21(27)19(12)20(26)23-11-18-24-15-4-3-14(28-2)10-16(15)25-18/h3-4,9-10,13,22H,5-8,11H2,1-2H3,(H,23,26)(H,24,25). The Morgan fingerprint density at radius 1 is 1.31 bits per heavy atom. The number of carbonyl (C=O) groups is 1. The maximum atomic E-state index is 12.6. The molecule has 3 heterocycles. The number of benzene rings is 1. The Morgan fingerprint density at radius 2 is 2.10 bits per heavy atom. The molecule has 0 spiro atoms. The molecule has 0 saturated carbocycles. The Kier molecular flexibility index (Phi) is 5.35. The Morgan fingerprint density at radius 3 is 2.83 bits per heavy atom. The molecule has 0 unspecified atom stereocenters. The van der Waals surface area contributed by atoms with Crippen LogP contribution in [0.2, 0.25) is 0 Å². The van der Waals surface area contributed by atoms with E-state index in [1.165, 1.54) is 0 Å². The molecular formula is C21H24N4O4. The number of rotatable bonds is 5. The summed E-state index contributed by atoms with van der Waals surface area (Å²) in [5, 5.41) is 6.04. The van der Waals surface area contributed by atoms with Gasteiger partial charge in [0.1, 0.15) is 22.9 Å². The number of nitrogens with zero attached hydrogens (tertiary/aromatic N) is 1. The molecule has 1 aliphatic rings. The number of nitrogens with one attached hydrogen (secondary N) is 3. The first-order valence-corrected chi connectivity index (χ1v) is 9.71. The molecule has 0 radical (unpaired) electrons. The number of aryl methyl sites for hydroxylation is 1. The van der Waals surface area contributed by atoms with Gasteiger partial charge in [-0.25, -0.2) is 9.78 Å². The van der Waals surface area contributed by atoms with E-state index >= 15 is 0 Å². The van der Waals surface area contributed by atoms with Crippen molar-refractivity contribution in [2.45, 2.75) is 32.2 Å². The van der Waals surface area contributed by atoms with Gasteiger partial charge in [0.25, 0.3) is 5.91 Å². The molecule has 1 amide bonds. The fourth-order valence-electron chi connectivity index (χ4n) is 3.72. The Bertz CT molecular complexity index is 1100. The SMILES string of the molecule is COc1ccc2nc(CNC(=O)c3c(C)cc(C4CCNCC4)oc3=O)[nH]c2c1. The molecule has 1 fully saturated rings. The maximum Gasteiger partial charge on any atom is 0.349 e. The summed E-state index contributed by atoms with van der Waals surface area (Å²) in [6.45, 7) is 3.74. The number of imidazole rings is 1. The average molecular weight is 396 g/mol. The van der Waals surface area contributed by atoms with Crippen LogP contribution in [0.5, 0.6) is 5.75 Å². The molecule has 4 rings (SSSR count). The maximum absolute atomic E-state index is 12.6. The first kappa shape index (κ1) is 19.2. The van der Waals surface area contributed by atoms with Crippen molar-refractivity contribution in [1.82, 2.24) is 20.6 Å². The highest BCUT2D eigenvalue weighted by molar-refractivity contribution is 5.95. The van der Waals surface area contributed by atoms with E-state index in [0.29, 0.717) is 17.1 Å². The summed E-state index contributed by atoms with van der Waals surface area (Å²) in [6.07, 6.45) is 1.84. The van der Waals surface area contributed by atoms with Crippen LogP contribution in [-0.4, -0.2) is 36.1 Å². The van der Waals surface area contributed by atoms with Gasteiger partial charge in [0.2, 0.25) is 0 Å². The lowest BCUT2D eigenvalue weighted by molar-refractivity contribution is 0.0944. The van der Waals surface area contributed by atoms with E-state index in [-0.39, 0.29) is 18.0 Å². The summed E-state index contributed by atoms with van der Waals surface area (Å²) in [5.41, 5.74) is 1.67. The van der Waals surface area contributed by atoms with Gasteiger partial charge in [-0.1, -0.05) is 0 Å². The number of H-pyrrole nitrogens is 1. The number of ether oxygens (including phenoxy) is 1. The van der Waals surface area contributed by atoms with E-state index in [1.807, 2.05) is 24.3 Å². The summed E-state index contributed by atoms with van der Waals surface area (Å²) in [5.74, 6) is 1.73. The van der Waals surface area contributed by atoms with Gasteiger partial charge >= 0.3 is 5.63 Å². The third kappa shape index (κ3) is 4.02. The summed E-state index contributed by atoms with van der Waals surface area (Å²) in [4.78, 5) is 32.7.